The molecule has 0 aromatic heterocycles. The van der Waals surface area contributed by atoms with Crippen molar-refractivity contribution in [3.05, 3.63) is 65.7 Å². The van der Waals surface area contributed by atoms with Gasteiger partial charge in [0.15, 0.2) is 9.84 Å². The Morgan fingerprint density at radius 1 is 1.17 bits per heavy atom. The maximum Gasteiger partial charge on any atom is 0.151 e. The largest absolute Gasteiger partial charge is 0.489 e. The van der Waals surface area contributed by atoms with Crippen molar-refractivity contribution in [3.8, 4) is 5.75 Å². The predicted octanol–water partition coefficient (Wildman–Crippen LogP) is 3.10. The molecule has 0 spiro atoms. The Kier molecular flexibility index (Phi) is 5.21. The molecule has 0 bridgehead atoms. The molecule has 5 heteroatoms. The lowest BCUT2D eigenvalue weighted by Gasteiger charge is -2.19. The smallest absolute Gasteiger partial charge is 0.151 e. The number of nitrogens with one attached hydrogen (secondary N) is 1. The average molecular weight is 345 g/mol. The second kappa shape index (κ2) is 7.36. The number of hydrogen-bond donors (Lipinski definition) is 1. The van der Waals surface area contributed by atoms with Gasteiger partial charge in [0.1, 0.15) is 12.4 Å². The Balaban J connectivity index is 1.60. The zero-order chi connectivity index (χ0) is 17.0. The zero-order valence-electron chi connectivity index (χ0n) is 13.8. The van der Waals surface area contributed by atoms with Gasteiger partial charge in [0.25, 0.3) is 0 Å². The predicted molar refractivity (Wildman–Crippen MR) is 95.8 cm³/mol. The summed E-state index contributed by atoms with van der Waals surface area (Å²) in [5.74, 6) is 1.35. The zero-order valence-corrected chi connectivity index (χ0v) is 14.6. The van der Waals surface area contributed by atoms with Crippen LogP contribution < -0.4 is 10.1 Å². The maximum absolute atomic E-state index is 11.6. The summed E-state index contributed by atoms with van der Waals surface area (Å²) in [5, 5.41) is 3.42. The van der Waals surface area contributed by atoms with Crippen LogP contribution in [-0.2, 0) is 16.4 Å². The van der Waals surface area contributed by atoms with Gasteiger partial charge in [0.2, 0.25) is 0 Å². The highest BCUT2D eigenvalue weighted by Gasteiger charge is 2.28. The fourth-order valence-corrected chi connectivity index (χ4v) is 4.68. The summed E-state index contributed by atoms with van der Waals surface area (Å²) in [6.45, 7) is 2.59. The molecule has 0 radical (unpaired) electrons. The van der Waals surface area contributed by atoms with E-state index in [2.05, 4.69) is 12.2 Å². The van der Waals surface area contributed by atoms with Crippen molar-refractivity contribution in [2.45, 2.75) is 32.0 Å². The van der Waals surface area contributed by atoms with Gasteiger partial charge >= 0.3 is 0 Å². The molecule has 0 unspecified atom stereocenters. The number of rotatable bonds is 6. The molecule has 128 valence electrons. The molecule has 1 N–H and O–H groups in total. The summed E-state index contributed by atoms with van der Waals surface area (Å²) >= 11 is 0. The van der Waals surface area contributed by atoms with Gasteiger partial charge < -0.3 is 10.1 Å². The minimum atomic E-state index is -2.86. The number of ether oxygens (including phenoxy) is 1. The van der Waals surface area contributed by atoms with Gasteiger partial charge in [-0.2, -0.15) is 0 Å². The Hall–Kier alpha value is -1.85. The van der Waals surface area contributed by atoms with E-state index in [-0.39, 0.29) is 23.6 Å². The van der Waals surface area contributed by atoms with Crippen LogP contribution in [0.25, 0.3) is 0 Å². The summed E-state index contributed by atoms with van der Waals surface area (Å²) in [6.07, 6.45) is 0.691. The van der Waals surface area contributed by atoms with E-state index >= 15 is 0 Å². The highest BCUT2D eigenvalue weighted by atomic mass is 32.2. The molecule has 1 fully saturated rings. The molecule has 1 saturated heterocycles. The minimum Gasteiger partial charge on any atom is -0.489 e. The van der Waals surface area contributed by atoms with E-state index in [9.17, 15) is 8.42 Å². The summed E-state index contributed by atoms with van der Waals surface area (Å²) in [5.41, 5.74) is 2.23. The van der Waals surface area contributed by atoms with Crippen molar-refractivity contribution < 1.29 is 13.2 Å². The number of hydrogen-bond acceptors (Lipinski definition) is 4. The molecule has 0 aliphatic carbocycles. The van der Waals surface area contributed by atoms with Gasteiger partial charge in [-0.05, 0) is 36.6 Å². The lowest BCUT2D eigenvalue weighted by molar-refractivity contribution is 0.305. The first kappa shape index (κ1) is 17.0. The summed E-state index contributed by atoms with van der Waals surface area (Å²) in [6, 6.07) is 18.2. The van der Waals surface area contributed by atoms with E-state index in [0.717, 1.165) is 16.9 Å². The van der Waals surface area contributed by atoms with Gasteiger partial charge in [-0.3, -0.25) is 0 Å². The Bertz CT molecular complexity index is 774. The second-order valence-corrected chi connectivity index (χ2v) is 8.56. The van der Waals surface area contributed by atoms with Crippen molar-refractivity contribution in [1.29, 1.82) is 0 Å². The quantitative estimate of drug-likeness (QED) is 0.874. The van der Waals surface area contributed by atoms with Gasteiger partial charge in [-0.25, -0.2) is 8.42 Å². The van der Waals surface area contributed by atoms with Crippen LogP contribution in [0, 0.1) is 0 Å². The van der Waals surface area contributed by atoms with E-state index in [1.807, 2.05) is 54.6 Å². The third-order valence-corrected chi connectivity index (χ3v) is 6.09. The second-order valence-electron chi connectivity index (χ2n) is 6.34. The van der Waals surface area contributed by atoms with Gasteiger partial charge in [0.05, 0.1) is 11.5 Å². The van der Waals surface area contributed by atoms with Crippen LogP contribution >= 0.6 is 0 Å². The van der Waals surface area contributed by atoms with Crippen molar-refractivity contribution in [2.24, 2.45) is 0 Å². The topological polar surface area (TPSA) is 55.4 Å². The first-order chi connectivity index (χ1) is 11.5. The highest BCUT2D eigenvalue weighted by Crippen LogP contribution is 2.22. The molecule has 1 heterocycles. The maximum atomic E-state index is 11.6. The molecule has 3 rings (SSSR count). The van der Waals surface area contributed by atoms with E-state index in [1.54, 1.807) is 0 Å². The normalized spacial score (nSPS) is 20.6. The van der Waals surface area contributed by atoms with Crippen LogP contribution in [0.4, 0.5) is 0 Å². The molecular weight excluding hydrogens is 322 g/mol. The molecule has 1 aliphatic rings. The van der Waals surface area contributed by atoms with Crippen molar-refractivity contribution >= 4 is 9.84 Å². The number of benzene rings is 2. The Labute approximate surface area is 143 Å². The van der Waals surface area contributed by atoms with E-state index < -0.39 is 9.84 Å². The monoisotopic (exact) mass is 345 g/mol. The SMILES string of the molecule is C[C@H](N[C@@H]1CCS(=O)(=O)C1)c1cccc(OCc2ccccc2)c1. The van der Waals surface area contributed by atoms with Gasteiger partial charge in [-0.15, -0.1) is 0 Å². The fourth-order valence-electron chi connectivity index (χ4n) is 2.99. The van der Waals surface area contributed by atoms with Crippen LogP contribution in [0.3, 0.4) is 0 Å². The fraction of sp³-hybridized carbons (Fsp3) is 0.368. The van der Waals surface area contributed by atoms with Gasteiger partial charge in [0, 0.05) is 12.1 Å². The lowest BCUT2D eigenvalue weighted by atomic mass is 10.1. The summed E-state index contributed by atoms with van der Waals surface area (Å²) < 4.78 is 29.0. The molecule has 2 aromatic carbocycles. The molecule has 1 aliphatic heterocycles. The highest BCUT2D eigenvalue weighted by molar-refractivity contribution is 7.91. The van der Waals surface area contributed by atoms with Crippen LogP contribution in [0.1, 0.15) is 30.5 Å². The molecule has 2 atom stereocenters. The van der Waals surface area contributed by atoms with Crippen molar-refractivity contribution in [1.82, 2.24) is 5.32 Å². The third kappa shape index (κ3) is 4.58. The van der Waals surface area contributed by atoms with E-state index in [4.69, 9.17) is 4.74 Å². The van der Waals surface area contributed by atoms with Crippen LogP contribution in [-0.4, -0.2) is 26.0 Å². The van der Waals surface area contributed by atoms with Gasteiger partial charge in [-0.1, -0.05) is 42.5 Å². The summed E-state index contributed by atoms with van der Waals surface area (Å²) in [7, 11) is -2.86. The molecule has 4 nitrogen and oxygen atoms in total. The minimum absolute atomic E-state index is 0.0406. The van der Waals surface area contributed by atoms with Crippen LogP contribution in [0.2, 0.25) is 0 Å². The summed E-state index contributed by atoms with van der Waals surface area (Å²) in [4.78, 5) is 0. The average Bonchev–Trinajstić information content (AvgIpc) is 2.93. The molecule has 0 amide bonds. The standard InChI is InChI=1S/C19H23NO3S/c1-15(20-18-10-11-24(21,22)14-18)17-8-5-9-19(12-17)23-13-16-6-3-2-4-7-16/h2-9,12,15,18,20H,10-11,13-14H2,1H3/t15-,18+/m0/s1. The first-order valence-corrected chi connectivity index (χ1v) is 10.1. The molecular formula is C19H23NO3S. The molecule has 24 heavy (non-hydrogen) atoms. The first-order valence-electron chi connectivity index (χ1n) is 8.25. The van der Waals surface area contributed by atoms with E-state index in [1.165, 1.54) is 0 Å². The van der Waals surface area contributed by atoms with Crippen LogP contribution in [0.5, 0.6) is 5.75 Å². The third-order valence-electron chi connectivity index (χ3n) is 4.32. The van der Waals surface area contributed by atoms with Crippen molar-refractivity contribution in [2.75, 3.05) is 11.5 Å². The number of sulfone groups is 1. The Morgan fingerprint density at radius 2 is 1.96 bits per heavy atom. The molecule has 0 saturated carbocycles. The molecule has 2 aromatic rings. The Morgan fingerprint density at radius 3 is 2.67 bits per heavy atom. The van der Waals surface area contributed by atoms with Crippen LogP contribution in [0.15, 0.2) is 54.6 Å². The van der Waals surface area contributed by atoms with E-state index in [0.29, 0.717) is 13.0 Å². The lowest BCUT2D eigenvalue weighted by Crippen LogP contribution is -2.32. The van der Waals surface area contributed by atoms with Crippen molar-refractivity contribution in [3.63, 3.8) is 0 Å².